The van der Waals surface area contributed by atoms with E-state index in [2.05, 4.69) is 10.6 Å². The smallest absolute Gasteiger partial charge is 0.409 e. The number of allylic oxidation sites excluding steroid dienone is 1. The van der Waals surface area contributed by atoms with Crippen LogP contribution in [0.2, 0.25) is 5.02 Å². The Morgan fingerprint density at radius 1 is 1.17 bits per heavy atom. The number of methoxy groups -OCH3 is 2. The number of esters is 1. The summed E-state index contributed by atoms with van der Waals surface area (Å²) in [6.07, 6.45) is -1.02. The van der Waals surface area contributed by atoms with Gasteiger partial charge in [0.05, 0.1) is 25.3 Å². The van der Waals surface area contributed by atoms with Gasteiger partial charge in [-0.1, -0.05) is 30.7 Å². The van der Waals surface area contributed by atoms with Crippen molar-refractivity contribution < 1.29 is 52.8 Å². The summed E-state index contributed by atoms with van der Waals surface area (Å²) >= 11 is 6.58. The third-order valence-electron chi connectivity index (χ3n) is 9.90. The van der Waals surface area contributed by atoms with Crippen molar-refractivity contribution in [3.05, 3.63) is 34.9 Å². The van der Waals surface area contributed by atoms with Gasteiger partial charge in [0.25, 0.3) is 0 Å². The zero-order chi connectivity index (χ0) is 39.1. The first-order valence-corrected chi connectivity index (χ1v) is 17.6. The molecule has 2 fully saturated rings. The Kier molecular flexibility index (Phi) is 14.5. The molecule has 0 saturated carbocycles. The minimum atomic E-state index is -1.79. The molecule has 2 aliphatic heterocycles. The molecule has 2 saturated heterocycles. The molecular formula is C36H53ClN4O11. The number of amides is 4. The topological polar surface area (TPSA) is 186 Å². The second kappa shape index (κ2) is 17.7. The zero-order valence-electron chi connectivity index (χ0n) is 31.6. The van der Waals surface area contributed by atoms with Crippen LogP contribution in [0.25, 0.3) is 0 Å². The molecule has 1 aromatic carbocycles. The molecular weight excluding hydrogens is 700 g/mol. The molecule has 16 heteroatoms. The van der Waals surface area contributed by atoms with Crippen LogP contribution in [0.4, 0.5) is 10.5 Å². The number of nitrogens with one attached hydrogen (secondary N) is 2. The van der Waals surface area contributed by atoms with Crippen LogP contribution in [0.5, 0.6) is 5.75 Å². The largest absolute Gasteiger partial charge is 0.495 e. The number of anilines is 1. The number of aryl methyl sites for hydroxylation is 1. The minimum absolute atomic E-state index is 0.0364. The minimum Gasteiger partial charge on any atom is -0.495 e. The molecule has 1 aromatic rings. The number of rotatable bonds is 17. The van der Waals surface area contributed by atoms with Gasteiger partial charge in [0.15, 0.2) is 5.72 Å². The van der Waals surface area contributed by atoms with E-state index in [1.54, 1.807) is 45.1 Å². The lowest BCUT2D eigenvalue weighted by Crippen LogP contribution is -2.63. The maximum atomic E-state index is 13.9. The van der Waals surface area contributed by atoms with Crippen LogP contribution in [-0.4, -0.2) is 117 Å². The molecule has 0 bridgehead atoms. The molecule has 52 heavy (non-hydrogen) atoms. The highest BCUT2D eigenvalue weighted by atomic mass is 35.5. The van der Waals surface area contributed by atoms with Crippen LogP contribution in [-0.2, 0) is 38.1 Å². The van der Waals surface area contributed by atoms with Crippen LogP contribution in [0.1, 0.15) is 65.4 Å². The number of cyclic esters (lactones) is 1. The first-order valence-electron chi connectivity index (χ1n) is 17.2. The number of benzene rings is 1. The van der Waals surface area contributed by atoms with Crippen molar-refractivity contribution in [1.82, 2.24) is 15.5 Å². The monoisotopic (exact) mass is 752 g/mol. The number of halogens is 1. The summed E-state index contributed by atoms with van der Waals surface area (Å²) in [5, 5.41) is 16.6. The van der Waals surface area contributed by atoms with Crippen molar-refractivity contribution in [1.29, 1.82) is 0 Å². The standard InChI is InChI=1S/C36H53ClN4O11/c1-11-13-26(49-10)36(47)19-25(50-34(46)39-36)21(3)32-35(5,52-32)27(18-30(44)41(8)23-16-20(2)17-24(48-9)31(23)37)51-33(45)22(4)40(7)29(43)15-12-14-28(42)38-6/h11,13,16-17,21-22,25-27,32,47H,12,14-15,18-19H2,1-10H3,(H,38,42)(H,39,46)/b13-11+/t21-,22+,25+,26-,27+,32+,35+,36+/m1/s1. The van der Waals surface area contributed by atoms with E-state index in [-0.39, 0.29) is 42.5 Å². The fourth-order valence-electron chi connectivity index (χ4n) is 6.37. The highest BCUT2D eigenvalue weighted by Crippen LogP contribution is 2.49. The maximum absolute atomic E-state index is 13.9. The highest BCUT2D eigenvalue weighted by molar-refractivity contribution is 6.35. The Bertz CT molecular complexity index is 1520. The van der Waals surface area contributed by atoms with Gasteiger partial charge < -0.3 is 43.9 Å². The van der Waals surface area contributed by atoms with Gasteiger partial charge in [-0.25, -0.2) is 9.59 Å². The van der Waals surface area contributed by atoms with Gasteiger partial charge in [0.1, 0.15) is 40.7 Å². The predicted molar refractivity (Wildman–Crippen MR) is 192 cm³/mol. The second-order valence-corrected chi connectivity index (χ2v) is 13.9. The normalized spacial score (nSPS) is 24.8. The van der Waals surface area contributed by atoms with Gasteiger partial charge in [-0.05, 0) is 51.8 Å². The maximum Gasteiger partial charge on any atom is 0.409 e. The number of hydrogen-bond acceptors (Lipinski definition) is 11. The fraction of sp³-hybridized carbons (Fsp3) is 0.639. The van der Waals surface area contributed by atoms with E-state index in [1.165, 1.54) is 52.1 Å². The number of alkyl carbamates (subject to hydrolysis) is 1. The highest BCUT2D eigenvalue weighted by Gasteiger charge is 2.64. The van der Waals surface area contributed by atoms with E-state index >= 15 is 0 Å². The molecule has 3 rings (SSSR count). The summed E-state index contributed by atoms with van der Waals surface area (Å²) in [6.45, 7) is 8.55. The molecule has 290 valence electrons. The molecule has 2 aliphatic rings. The van der Waals surface area contributed by atoms with Crippen molar-refractivity contribution >= 4 is 47.1 Å². The van der Waals surface area contributed by atoms with Crippen molar-refractivity contribution in [2.24, 2.45) is 5.92 Å². The van der Waals surface area contributed by atoms with E-state index in [0.29, 0.717) is 17.9 Å². The zero-order valence-corrected chi connectivity index (χ0v) is 32.4. The van der Waals surface area contributed by atoms with Crippen LogP contribution in [0.3, 0.4) is 0 Å². The lowest BCUT2D eigenvalue weighted by atomic mass is 9.83. The molecule has 0 radical (unpaired) electrons. The summed E-state index contributed by atoms with van der Waals surface area (Å²) in [7, 11) is 7.39. The predicted octanol–water partition coefficient (Wildman–Crippen LogP) is 3.26. The Hall–Kier alpha value is -3.92. The number of ether oxygens (including phenoxy) is 5. The van der Waals surface area contributed by atoms with Gasteiger partial charge in [-0.3, -0.25) is 19.7 Å². The molecule has 0 aromatic heterocycles. The van der Waals surface area contributed by atoms with Crippen molar-refractivity contribution in [3.8, 4) is 5.75 Å². The molecule has 15 nitrogen and oxygen atoms in total. The Morgan fingerprint density at radius 2 is 1.85 bits per heavy atom. The Labute approximate surface area is 310 Å². The Morgan fingerprint density at radius 3 is 2.44 bits per heavy atom. The average molecular weight is 753 g/mol. The SMILES string of the molecule is C/C=C/[C@@H](OC)[C@@]1(O)C[C@@H]([C@@H](C)[C@@H]2O[C@@]2(C)[C@H](CC(=O)N(C)c2cc(C)cc(OC)c2Cl)OC(=O)[C@H](C)N(C)C(=O)CCCC(=O)NC)OC(=O)N1. The number of epoxide rings is 1. The van der Waals surface area contributed by atoms with Crippen LogP contribution in [0.15, 0.2) is 24.3 Å². The molecule has 8 atom stereocenters. The molecule has 3 N–H and O–H groups in total. The number of hydrogen-bond donors (Lipinski definition) is 3. The van der Waals surface area contributed by atoms with Crippen molar-refractivity contribution in [3.63, 3.8) is 0 Å². The Balaban J connectivity index is 1.88. The van der Waals surface area contributed by atoms with Gasteiger partial charge >= 0.3 is 12.1 Å². The average Bonchev–Trinajstić information content (AvgIpc) is 3.80. The van der Waals surface area contributed by atoms with Gasteiger partial charge in [0, 0.05) is 53.4 Å². The van der Waals surface area contributed by atoms with Gasteiger partial charge in [0.2, 0.25) is 17.7 Å². The first-order chi connectivity index (χ1) is 24.4. The number of carbonyl (C=O) groups is 5. The van der Waals surface area contributed by atoms with Crippen LogP contribution >= 0.6 is 11.6 Å². The molecule has 0 aliphatic carbocycles. The summed E-state index contributed by atoms with van der Waals surface area (Å²) in [6, 6.07) is 2.42. The number of nitrogens with zero attached hydrogens (tertiary/aromatic N) is 2. The van der Waals surface area contributed by atoms with E-state index in [0.717, 1.165) is 5.56 Å². The van der Waals surface area contributed by atoms with E-state index < -0.39 is 65.7 Å². The molecule has 2 heterocycles. The van der Waals surface area contributed by atoms with E-state index in [9.17, 15) is 29.1 Å². The van der Waals surface area contributed by atoms with E-state index in [4.69, 9.17) is 35.3 Å². The number of carbonyl (C=O) groups excluding carboxylic acids is 5. The van der Waals surface area contributed by atoms with Gasteiger partial charge in [-0.15, -0.1) is 0 Å². The second-order valence-electron chi connectivity index (χ2n) is 13.6. The van der Waals surface area contributed by atoms with Crippen LogP contribution in [0, 0.1) is 12.8 Å². The van der Waals surface area contributed by atoms with Crippen LogP contribution < -0.4 is 20.3 Å². The molecule has 0 spiro atoms. The summed E-state index contributed by atoms with van der Waals surface area (Å²) in [4.78, 5) is 67.3. The number of aliphatic hydroxyl groups is 1. The summed E-state index contributed by atoms with van der Waals surface area (Å²) in [5.41, 5.74) is -1.85. The summed E-state index contributed by atoms with van der Waals surface area (Å²) < 4.78 is 28.6. The van der Waals surface area contributed by atoms with E-state index in [1.807, 2.05) is 6.92 Å². The quantitative estimate of drug-likeness (QED) is 0.121. The summed E-state index contributed by atoms with van der Waals surface area (Å²) in [5.74, 6) is -1.97. The first kappa shape index (κ1) is 42.5. The van der Waals surface area contributed by atoms with Crippen molar-refractivity contribution in [2.75, 3.05) is 40.3 Å². The lowest BCUT2D eigenvalue weighted by Gasteiger charge is -2.42. The third-order valence-corrected chi connectivity index (χ3v) is 10.3. The molecule has 4 amide bonds. The van der Waals surface area contributed by atoms with Crippen molar-refractivity contribution in [2.45, 2.75) is 109 Å². The molecule has 0 unspecified atom stereocenters. The fourth-order valence-corrected chi connectivity index (χ4v) is 6.68. The van der Waals surface area contributed by atoms with Gasteiger partial charge in [-0.2, -0.15) is 0 Å². The third kappa shape index (κ3) is 9.73. The lowest BCUT2D eigenvalue weighted by molar-refractivity contribution is -0.162. The number of likely N-dealkylation sites (N-methyl/N-ethyl adjacent to an activating group) is 1.